The molecule has 2 unspecified atom stereocenters. The zero-order valence-corrected chi connectivity index (χ0v) is 22.9. The standard InChI is InChI=1S/C36H28N2O4/c39-35-31-32(34(28-9-5-2-6-10-28)38(35)20-24-13-17-26(18-14-24)30-22-42-30)36(40)37(33(31)27-7-3-1-4-8-27)19-23-11-15-25(16-12-23)29-21-41-29/h1-18,29-30H,19-22H2. The number of nitrogens with zero attached hydrogens (tertiary/aromatic N) is 2. The molecule has 0 saturated carbocycles. The van der Waals surface area contributed by atoms with Gasteiger partial charge in [0.25, 0.3) is 11.8 Å². The van der Waals surface area contributed by atoms with E-state index in [1.165, 1.54) is 0 Å². The van der Waals surface area contributed by atoms with Gasteiger partial charge in [0.15, 0.2) is 0 Å². The molecule has 0 spiro atoms. The Morgan fingerprint density at radius 2 is 0.881 bits per heavy atom. The molecule has 206 valence electrons. The lowest BCUT2D eigenvalue weighted by Crippen LogP contribution is -2.29. The fourth-order valence-electron chi connectivity index (χ4n) is 6.01. The van der Waals surface area contributed by atoms with Gasteiger partial charge >= 0.3 is 0 Å². The molecule has 6 heteroatoms. The highest BCUT2D eigenvalue weighted by Crippen LogP contribution is 2.47. The van der Waals surface area contributed by atoms with Crippen LogP contribution < -0.4 is 0 Å². The van der Waals surface area contributed by atoms with Gasteiger partial charge in [0.2, 0.25) is 0 Å². The molecule has 4 heterocycles. The maximum Gasteiger partial charge on any atom is 0.261 e. The van der Waals surface area contributed by atoms with Crippen molar-refractivity contribution in [2.24, 2.45) is 0 Å². The van der Waals surface area contributed by atoms with Gasteiger partial charge in [0.05, 0.1) is 48.8 Å². The molecule has 42 heavy (non-hydrogen) atoms. The normalized spacial score (nSPS) is 21.0. The van der Waals surface area contributed by atoms with Crippen LogP contribution in [0.1, 0.15) is 45.6 Å². The Balaban J connectivity index is 1.23. The predicted octanol–water partition coefficient (Wildman–Crippen LogP) is 6.04. The number of hydrogen-bond acceptors (Lipinski definition) is 4. The van der Waals surface area contributed by atoms with Crippen molar-refractivity contribution < 1.29 is 19.1 Å². The maximum atomic E-state index is 14.4. The van der Waals surface area contributed by atoms with Crippen molar-refractivity contribution in [3.8, 4) is 0 Å². The lowest BCUT2D eigenvalue weighted by molar-refractivity contribution is -0.124. The Morgan fingerprint density at radius 1 is 0.524 bits per heavy atom. The highest BCUT2D eigenvalue weighted by atomic mass is 16.6. The Morgan fingerprint density at radius 3 is 1.21 bits per heavy atom. The van der Waals surface area contributed by atoms with Gasteiger partial charge in [-0.15, -0.1) is 0 Å². The summed E-state index contributed by atoms with van der Waals surface area (Å²) in [4.78, 5) is 32.4. The number of fused-ring (bicyclic) bond motifs is 1. The number of carbonyl (C=O) groups excluding carboxylic acids is 2. The molecule has 0 aliphatic carbocycles. The van der Waals surface area contributed by atoms with Gasteiger partial charge in [-0.2, -0.15) is 0 Å². The number of rotatable bonds is 8. The van der Waals surface area contributed by atoms with Gasteiger partial charge in [-0.05, 0) is 33.4 Å². The van der Waals surface area contributed by atoms with E-state index in [0.29, 0.717) is 35.6 Å². The molecule has 2 saturated heterocycles. The van der Waals surface area contributed by atoms with E-state index in [0.717, 1.165) is 46.6 Å². The van der Waals surface area contributed by atoms with E-state index < -0.39 is 0 Å². The minimum Gasteiger partial charge on any atom is -0.368 e. The smallest absolute Gasteiger partial charge is 0.261 e. The van der Waals surface area contributed by atoms with Gasteiger partial charge in [-0.3, -0.25) is 9.59 Å². The van der Waals surface area contributed by atoms with Crippen LogP contribution in [-0.4, -0.2) is 34.8 Å². The third-order valence-corrected chi connectivity index (χ3v) is 8.33. The lowest BCUT2D eigenvalue weighted by Gasteiger charge is -2.25. The van der Waals surface area contributed by atoms with E-state index in [9.17, 15) is 9.59 Å². The second-order valence-electron chi connectivity index (χ2n) is 11.1. The van der Waals surface area contributed by atoms with Crippen molar-refractivity contribution in [2.45, 2.75) is 25.3 Å². The summed E-state index contributed by atoms with van der Waals surface area (Å²) in [6, 6.07) is 36.0. The number of carbonyl (C=O) groups is 2. The Labute approximate surface area is 244 Å². The molecule has 4 aliphatic heterocycles. The fourth-order valence-corrected chi connectivity index (χ4v) is 6.01. The number of ether oxygens (including phenoxy) is 2. The minimum absolute atomic E-state index is 0.158. The summed E-state index contributed by atoms with van der Waals surface area (Å²) in [5, 5.41) is 0. The third-order valence-electron chi connectivity index (χ3n) is 8.33. The van der Waals surface area contributed by atoms with E-state index in [1.54, 1.807) is 9.80 Å². The average molecular weight is 553 g/mol. The van der Waals surface area contributed by atoms with Crippen LogP contribution in [0.25, 0.3) is 11.4 Å². The zero-order chi connectivity index (χ0) is 28.2. The largest absolute Gasteiger partial charge is 0.368 e. The van der Waals surface area contributed by atoms with Crippen molar-refractivity contribution in [3.05, 3.63) is 154 Å². The minimum atomic E-state index is -0.158. The molecule has 6 nitrogen and oxygen atoms in total. The monoisotopic (exact) mass is 552 g/mol. The SMILES string of the molecule is O=C1C2=C(c3ccccc3)N(Cc3ccc(C4CO4)cc3)C(=O)C2=C(c2ccccc2)N1Cc1ccc(C2CO2)cc1. The van der Waals surface area contributed by atoms with E-state index in [-0.39, 0.29) is 24.0 Å². The van der Waals surface area contributed by atoms with Crippen molar-refractivity contribution in [1.82, 2.24) is 9.80 Å². The molecule has 2 atom stereocenters. The number of epoxide rings is 2. The number of hydrogen-bond donors (Lipinski definition) is 0. The summed E-state index contributed by atoms with van der Waals surface area (Å²) >= 11 is 0. The molecular weight excluding hydrogens is 524 g/mol. The highest BCUT2D eigenvalue weighted by Gasteiger charge is 2.48. The molecule has 4 aliphatic rings. The van der Waals surface area contributed by atoms with Crippen LogP contribution in [0, 0.1) is 0 Å². The van der Waals surface area contributed by atoms with Gasteiger partial charge < -0.3 is 19.3 Å². The van der Waals surface area contributed by atoms with Crippen LogP contribution in [0.3, 0.4) is 0 Å². The molecule has 0 radical (unpaired) electrons. The summed E-state index contributed by atoms with van der Waals surface area (Å²) in [6.45, 7) is 2.23. The first-order valence-electron chi connectivity index (χ1n) is 14.3. The van der Waals surface area contributed by atoms with Crippen molar-refractivity contribution in [1.29, 1.82) is 0 Å². The van der Waals surface area contributed by atoms with E-state index in [1.807, 2.05) is 84.9 Å². The fraction of sp³-hybridized carbons (Fsp3) is 0.167. The third kappa shape index (κ3) is 4.36. The Bertz CT molecular complexity index is 1620. The van der Waals surface area contributed by atoms with Crippen molar-refractivity contribution in [2.75, 3.05) is 13.2 Å². The van der Waals surface area contributed by atoms with Gasteiger partial charge in [-0.25, -0.2) is 0 Å². The van der Waals surface area contributed by atoms with Crippen LogP contribution in [0.15, 0.2) is 120 Å². The van der Waals surface area contributed by atoms with Gasteiger partial charge in [-0.1, -0.05) is 109 Å². The first-order chi connectivity index (χ1) is 20.7. The number of benzene rings is 4. The molecule has 2 amide bonds. The van der Waals surface area contributed by atoms with E-state index >= 15 is 0 Å². The summed E-state index contributed by atoms with van der Waals surface area (Å²) in [6.07, 6.45) is 0.350. The lowest BCUT2D eigenvalue weighted by atomic mass is 10.0. The molecule has 0 N–H and O–H groups in total. The van der Waals surface area contributed by atoms with Crippen LogP contribution in [-0.2, 0) is 32.2 Å². The molecule has 0 aromatic heterocycles. The average Bonchev–Trinajstić information content (AvgIpc) is 3.97. The molecular formula is C36H28N2O4. The first kappa shape index (κ1) is 25.0. The molecule has 4 aromatic carbocycles. The Kier molecular flexibility index (Phi) is 5.91. The van der Waals surface area contributed by atoms with Crippen LogP contribution >= 0.6 is 0 Å². The molecule has 0 bridgehead atoms. The summed E-state index contributed by atoms with van der Waals surface area (Å²) in [7, 11) is 0. The Hall–Kier alpha value is -4.78. The van der Waals surface area contributed by atoms with E-state index in [2.05, 4.69) is 24.3 Å². The predicted molar refractivity (Wildman–Crippen MR) is 158 cm³/mol. The quantitative estimate of drug-likeness (QED) is 0.250. The summed E-state index contributed by atoms with van der Waals surface area (Å²) in [5.74, 6) is -0.316. The zero-order valence-electron chi connectivity index (χ0n) is 22.9. The topological polar surface area (TPSA) is 65.7 Å². The second-order valence-corrected chi connectivity index (χ2v) is 11.1. The van der Waals surface area contributed by atoms with Gasteiger partial charge in [0, 0.05) is 0 Å². The molecule has 2 fully saturated rings. The maximum absolute atomic E-state index is 14.4. The highest BCUT2D eigenvalue weighted by molar-refractivity contribution is 6.30. The van der Waals surface area contributed by atoms with Crippen LogP contribution in [0.2, 0.25) is 0 Å². The van der Waals surface area contributed by atoms with Crippen LogP contribution in [0.5, 0.6) is 0 Å². The summed E-state index contributed by atoms with van der Waals surface area (Å²) in [5.41, 5.74) is 8.21. The first-order valence-corrected chi connectivity index (χ1v) is 14.3. The number of amides is 2. The molecule has 8 rings (SSSR count). The van der Waals surface area contributed by atoms with Crippen molar-refractivity contribution in [3.63, 3.8) is 0 Å². The summed E-state index contributed by atoms with van der Waals surface area (Å²) < 4.78 is 10.8. The molecule has 4 aromatic rings. The van der Waals surface area contributed by atoms with E-state index in [4.69, 9.17) is 9.47 Å². The second kappa shape index (κ2) is 9.94. The van der Waals surface area contributed by atoms with Crippen molar-refractivity contribution >= 4 is 23.2 Å². The van der Waals surface area contributed by atoms with Gasteiger partial charge in [0.1, 0.15) is 12.2 Å². The van der Waals surface area contributed by atoms with Crippen LogP contribution in [0.4, 0.5) is 0 Å².